The zero-order chi connectivity index (χ0) is 12.3. The maximum Gasteiger partial charge on any atom is 0.335 e. The van der Waals surface area contributed by atoms with Crippen molar-refractivity contribution in [3.63, 3.8) is 0 Å². The molecule has 0 spiro atoms. The molecule has 1 heterocycles. The predicted molar refractivity (Wildman–Crippen MR) is 64.4 cm³/mol. The van der Waals surface area contributed by atoms with E-state index < -0.39 is 11.6 Å². The molecule has 1 aromatic carbocycles. The zero-order valence-electron chi connectivity index (χ0n) is 9.85. The van der Waals surface area contributed by atoms with E-state index in [-0.39, 0.29) is 5.76 Å². The van der Waals surface area contributed by atoms with Gasteiger partial charge in [0.1, 0.15) is 11.4 Å². The third-order valence-electron chi connectivity index (χ3n) is 3.00. The summed E-state index contributed by atoms with van der Waals surface area (Å²) in [6.45, 7) is 2.04. The highest BCUT2D eigenvalue weighted by atomic mass is 16.6. The fourth-order valence-electron chi connectivity index (χ4n) is 2.33. The number of carbonyl (C=O) groups excluding carboxylic acids is 1. The lowest BCUT2D eigenvalue weighted by atomic mass is 9.84. The van der Waals surface area contributed by atoms with Crippen LogP contribution in [0.5, 0.6) is 0 Å². The summed E-state index contributed by atoms with van der Waals surface area (Å²) in [5.41, 5.74) is 0.237. The van der Waals surface area contributed by atoms with E-state index in [9.17, 15) is 9.90 Å². The summed E-state index contributed by atoms with van der Waals surface area (Å²) in [6.07, 6.45) is 3.10. The number of esters is 1. The van der Waals surface area contributed by atoms with Crippen LogP contribution in [0.2, 0.25) is 0 Å². The van der Waals surface area contributed by atoms with E-state index in [4.69, 9.17) is 4.74 Å². The average Bonchev–Trinajstić information content (AvgIpc) is 2.29. The Morgan fingerprint density at radius 2 is 2.06 bits per heavy atom. The Labute approximate surface area is 101 Å². The molecule has 0 saturated carbocycles. The smallest absolute Gasteiger partial charge is 0.335 e. The molecule has 0 aliphatic carbocycles. The standard InChI is InChI=1S/C14H16O3/c1-2-8-14(11-6-4-3-5-7-11)10-12(15)9-13(16)17-14/h3-7,9,15H,2,8,10H2,1H3/t14-/m1/s1. The Hall–Kier alpha value is -1.77. The van der Waals surface area contributed by atoms with E-state index >= 15 is 0 Å². The van der Waals surface area contributed by atoms with E-state index in [1.165, 1.54) is 0 Å². The summed E-state index contributed by atoms with van der Waals surface area (Å²) in [6, 6.07) is 9.61. The minimum absolute atomic E-state index is 0.0959. The van der Waals surface area contributed by atoms with Crippen LogP contribution in [0.1, 0.15) is 31.7 Å². The molecule has 2 rings (SSSR count). The molecule has 90 valence electrons. The predicted octanol–water partition coefficient (Wildman–Crippen LogP) is 3.07. The van der Waals surface area contributed by atoms with Crippen molar-refractivity contribution < 1.29 is 14.6 Å². The van der Waals surface area contributed by atoms with Gasteiger partial charge in [-0.2, -0.15) is 0 Å². The molecule has 0 bridgehead atoms. The van der Waals surface area contributed by atoms with E-state index in [2.05, 4.69) is 0 Å². The van der Waals surface area contributed by atoms with Crippen molar-refractivity contribution in [1.29, 1.82) is 0 Å². The van der Waals surface area contributed by atoms with Crippen LogP contribution in [-0.4, -0.2) is 11.1 Å². The van der Waals surface area contributed by atoms with Crippen molar-refractivity contribution in [3.05, 3.63) is 47.7 Å². The lowest BCUT2D eigenvalue weighted by molar-refractivity contribution is -0.159. The minimum Gasteiger partial charge on any atom is -0.512 e. The molecule has 0 amide bonds. The van der Waals surface area contributed by atoms with Gasteiger partial charge < -0.3 is 9.84 Å². The van der Waals surface area contributed by atoms with E-state index in [0.717, 1.165) is 18.1 Å². The molecule has 0 fully saturated rings. The summed E-state index contributed by atoms with van der Waals surface area (Å²) in [5.74, 6) is -0.371. The quantitative estimate of drug-likeness (QED) is 0.815. The number of rotatable bonds is 3. The highest BCUT2D eigenvalue weighted by Crippen LogP contribution is 2.39. The first-order chi connectivity index (χ1) is 8.16. The first-order valence-electron chi connectivity index (χ1n) is 5.84. The van der Waals surface area contributed by atoms with Crippen LogP contribution in [0, 0.1) is 0 Å². The van der Waals surface area contributed by atoms with Crippen molar-refractivity contribution in [2.45, 2.75) is 31.8 Å². The number of hydrogen-bond acceptors (Lipinski definition) is 3. The number of aliphatic hydroxyl groups is 1. The average molecular weight is 232 g/mol. The van der Waals surface area contributed by atoms with Gasteiger partial charge in [-0.15, -0.1) is 0 Å². The SMILES string of the molecule is CCC[C@]1(c2ccccc2)CC(O)=CC(=O)O1. The van der Waals surface area contributed by atoms with Crippen LogP contribution >= 0.6 is 0 Å². The van der Waals surface area contributed by atoms with Crippen molar-refractivity contribution >= 4 is 5.97 Å². The van der Waals surface area contributed by atoms with Crippen molar-refractivity contribution in [2.24, 2.45) is 0 Å². The van der Waals surface area contributed by atoms with Crippen LogP contribution < -0.4 is 0 Å². The fraction of sp³-hybridized carbons (Fsp3) is 0.357. The van der Waals surface area contributed by atoms with Gasteiger partial charge in [-0.25, -0.2) is 4.79 Å². The summed E-state index contributed by atoms with van der Waals surface area (Å²) < 4.78 is 5.50. The molecule has 1 aromatic rings. The van der Waals surface area contributed by atoms with Crippen LogP contribution in [0.4, 0.5) is 0 Å². The molecular weight excluding hydrogens is 216 g/mol. The maximum absolute atomic E-state index is 11.5. The third kappa shape index (κ3) is 2.33. The topological polar surface area (TPSA) is 46.5 Å². The van der Waals surface area contributed by atoms with Gasteiger partial charge in [-0.05, 0) is 12.0 Å². The second kappa shape index (κ2) is 4.62. The van der Waals surface area contributed by atoms with Gasteiger partial charge in [0.25, 0.3) is 0 Å². The summed E-state index contributed by atoms with van der Waals surface area (Å²) in [7, 11) is 0. The Balaban J connectivity index is 2.41. The lowest BCUT2D eigenvalue weighted by Crippen LogP contribution is -2.35. The second-order valence-electron chi connectivity index (χ2n) is 4.34. The molecular formula is C14H16O3. The summed E-state index contributed by atoms with van der Waals surface area (Å²) in [4.78, 5) is 11.5. The molecule has 1 atom stereocenters. The highest BCUT2D eigenvalue weighted by Gasteiger charge is 2.39. The van der Waals surface area contributed by atoms with Gasteiger partial charge in [0.15, 0.2) is 0 Å². The summed E-state index contributed by atoms with van der Waals surface area (Å²) in [5, 5.41) is 9.66. The molecule has 17 heavy (non-hydrogen) atoms. The van der Waals surface area contributed by atoms with Gasteiger partial charge in [0.2, 0.25) is 0 Å². The molecule has 1 aliphatic heterocycles. The van der Waals surface area contributed by atoms with Crippen molar-refractivity contribution in [2.75, 3.05) is 0 Å². The molecule has 0 radical (unpaired) electrons. The van der Waals surface area contributed by atoms with Gasteiger partial charge in [-0.1, -0.05) is 43.7 Å². The van der Waals surface area contributed by atoms with Crippen LogP contribution in [-0.2, 0) is 15.1 Å². The third-order valence-corrected chi connectivity index (χ3v) is 3.00. The molecule has 3 heteroatoms. The van der Waals surface area contributed by atoms with Crippen LogP contribution in [0.15, 0.2) is 42.2 Å². The molecule has 0 unspecified atom stereocenters. The van der Waals surface area contributed by atoms with Crippen LogP contribution in [0.3, 0.4) is 0 Å². The number of benzene rings is 1. The molecule has 0 aromatic heterocycles. The number of ether oxygens (including phenoxy) is 1. The number of carbonyl (C=O) groups is 1. The minimum atomic E-state index is -0.702. The maximum atomic E-state index is 11.5. The van der Waals surface area contributed by atoms with Gasteiger partial charge in [-0.3, -0.25) is 0 Å². The molecule has 1 aliphatic rings. The van der Waals surface area contributed by atoms with Gasteiger partial charge in [0.05, 0.1) is 6.08 Å². The van der Waals surface area contributed by atoms with Crippen molar-refractivity contribution in [3.8, 4) is 0 Å². The highest BCUT2D eigenvalue weighted by molar-refractivity contribution is 5.84. The Bertz CT molecular complexity index is 436. The second-order valence-corrected chi connectivity index (χ2v) is 4.34. The molecule has 1 N–H and O–H groups in total. The monoisotopic (exact) mass is 232 g/mol. The Kier molecular flexibility index (Phi) is 3.18. The van der Waals surface area contributed by atoms with E-state index in [0.29, 0.717) is 12.8 Å². The number of aliphatic hydroxyl groups excluding tert-OH is 1. The molecule has 3 nitrogen and oxygen atoms in total. The Morgan fingerprint density at radius 1 is 1.35 bits per heavy atom. The normalized spacial score (nSPS) is 24.1. The fourth-order valence-corrected chi connectivity index (χ4v) is 2.33. The first-order valence-corrected chi connectivity index (χ1v) is 5.84. The van der Waals surface area contributed by atoms with E-state index in [1.807, 2.05) is 37.3 Å². The Morgan fingerprint density at radius 3 is 2.65 bits per heavy atom. The zero-order valence-corrected chi connectivity index (χ0v) is 9.85. The first kappa shape index (κ1) is 11.7. The van der Waals surface area contributed by atoms with Gasteiger partial charge >= 0.3 is 5.97 Å². The van der Waals surface area contributed by atoms with Crippen molar-refractivity contribution in [1.82, 2.24) is 0 Å². The van der Waals surface area contributed by atoms with Crippen LogP contribution in [0.25, 0.3) is 0 Å². The number of cyclic esters (lactones) is 1. The lowest BCUT2D eigenvalue weighted by Gasteiger charge is -2.35. The summed E-state index contributed by atoms with van der Waals surface area (Å²) >= 11 is 0. The molecule has 0 saturated heterocycles. The number of hydrogen-bond donors (Lipinski definition) is 1. The van der Waals surface area contributed by atoms with Gasteiger partial charge in [0, 0.05) is 6.42 Å². The van der Waals surface area contributed by atoms with E-state index in [1.54, 1.807) is 0 Å². The largest absolute Gasteiger partial charge is 0.512 e.